The van der Waals surface area contributed by atoms with Crippen molar-refractivity contribution in [2.75, 3.05) is 32.6 Å². The van der Waals surface area contributed by atoms with Crippen LogP contribution in [0.3, 0.4) is 0 Å². The first-order chi connectivity index (χ1) is 12.7. The van der Waals surface area contributed by atoms with E-state index in [-0.39, 0.29) is 0 Å². The largest absolute Gasteiger partial charge is 0.497 e. The van der Waals surface area contributed by atoms with Crippen molar-refractivity contribution < 1.29 is 14.4 Å². The van der Waals surface area contributed by atoms with Gasteiger partial charge in [-0.3, -0.25) is 0 Å². The van der Waals surface area contributed by atoms with Crippen LogP contribution in [-0.4, -0.2) is 37.1 Å². The van der Waals surface area contributed by atoms with E-state index in [1.54, 1.807) is 14.2 Å². The Kier molecular flexibility index (Phi) is 6.29. The average molecular weight is 394 g/mol. The van der Waals surface area contributed by atoms with Gasteiger partial charge in [0.05, 0.1) is 26.3 Å². The first-order valence-electron chi connectivity index (χ1n) is 8.65. The predicted octanol–water partition coefficient (Wildman–Crippen LogP) is 2.67. The summed E-state index contributed by atoms with van der Waals surface area (Å²) in [6.45, 7) is 6.23. The summed E-state index contributed by atoms with van der Waals surface area (Å²) in [7, 11) is 3.41. The molecule has 1 aromatic heterocycles. The fraction of sp³-hybridized carbons (Fsp3) is 0.444. The summed E-state index contributed by atoms with van der Waals surface area (Å²) in [6, 6.07) is 6.35. The first kappa shape index (κ1) is 18.9. The number of ether oxygens (including phenoxy) is 2. The maximum Gasteiger partial charge on any atom is 0.205 e. The van der Waals surface area contributed by atoms with Gasteiger partial charge in [-0.2, -0.15) is 4.68 Å². The van der Waals surface area contributed by atoms with Crippen LogP contribution in [-0.2, 0) is 6.67 Å². The van der Waals surface area contributed by atoms with Crippen molar-refractivity contribution in [1.82, 2.24) is 9.78 Å². The molecule has 0 radical (unpaired) electrons. The Balaban J connectivity index is 1.82. The lowest BCUT2D eigenvalue weighted by molar-refractivity contribution is -0.941. The van der Waals surface area contributed by atoms with Crippen molar-refractivity contribution in [3.8, 4) is 11.5 Å². The number of hydrogen-bond donors (Lipinski definition) is 2. The Hall–Kier alpha value is -1.90. The SMILES string of the molecule is C=CCNc1nn(C[NH+]2CCC[C@H]2c2cc(OC)ccc2OC)c(=S)s1. The molecule has 2 aromatic rings. The molecule has 140 valence electrons. The molecule has 8 heteroatoms. The van der Waals surface area contributed by atoms with Crippen molar-refractivity contribution in [3.63, 3.8) is 0 Å². The molecule has 1 aliphatic rings. The van der Waals surface area contributed by atoms with Gasteiger partial charge in [-0.1, -0.05) is 17.4 Å². The van der Waals surface area contributed by atoms with Crippen molar-refractivity contribution in [3.05, 3.63) is 40.4 Å². The van der Waals surface area contributed by atoms with Gasteiger partial charge >= 0.3 is 0 Å². The van der Waals surface area contributed by atoms with Crippen molar-refractivity contribution in [2.45, 2.75) is 25.6 Å². The molecule has 0 bridgehead atoms. The molecule has 1 saturated heterocycles. The zero-order chi connectivity index (χ0) is 18.5. The highest BCUT2D eigenvalue weighted by atomic mass is 32.1. The highest BCUT2D eigenvalue weighted by Crippen LogP contribution is 2.31. The van der Waals surface area contributed by atoms with E-state index < -0.39 is 0 Å². The molecule has 3 rings (SSSR count). The molecule has 1 unspecified atom stereocenters. The van der Waals surface area contributed by atoms with Crippen molar-refractivity contribution in [1.29, 1.82) is 0 Å². The van der Waals surface area contributed by atoms with E-state index in [2.05, 4.69) is 23.1 Å². The minimum absolute atomic E-state index is 0.341. The predicted molar refractivity (Wildman–Crippen MR) is 107 cm³/mol. The quantitative estimate of drug-likeness (QED) is 0.533. The normalized spacial score (nSPS) is 19.3. The fourth-order valence-electron chi connectivity index (χ4n) is 3.42. The molecule has 2 heterocycles. The number of aromatic nitrogens is 2. The van der Waals surface area contributed by atoms with Gasteiger partial charge in [-0.25, -0.2) is 0 Å². The maximum absolute atomic E-state index is 5.60. The van der Waals surface area contributed by atoms with E-state index in [9.17, 15) is 0 Å². The molecule has 26 heavy (non-hydrogen) atoms. The summed E-state index contributed by atoms with van der Waals surface area (Å²) >= 11 is 6.99. The van der Waals surface area contributed by atoms with Crippen LogP contribution in [0.1, 0.15) is 24.4 Å². The second-order valence-corrected chi connectivity index (χ2v) is 7.83. The first-order valence-corrected chi connectivity index (χ1v) is 9.88. The molecule has 1 fully saturated rings. The topological polar surface area (TPSA) is 52.8 Å². The number of hydrogen-bond acceptors (Lipinski definition) is 6. The molecule has 0 aliphatic carbocycles. The Morgan fingerprint density at radius 3 is 3.04 bits per heavy atom. The zero-order valence-electron chi connectivity index (χ0n) is 15.2. The lowest BCUT2D eigenvalue weighted by Gasteiger charge is -2.23. The number of benzene rings is 1. The number of nitrogens with zero attached hydrogens (tertiary/aromatic N) is 2. The Bertz CT molecular complexity index is 818. The van der Waals surface area contributed by atoms with Gasteiger partial charge in [0.1, 0.15) is 17.5 Å². The second kappa shape index (κ2) is 8.66. The van der Waals surface area contributed by atoms with E-state index in [1.165, 1.54) is 28.2 Å². The van der Waals surface area contributed by atoms with Crippen LogP contribution in [0.25, 0.3) is 0 Å². The third-order valence-corrected chi connectivity index (χ3v) is 5.92. The number of likely N-dealkylation sites (tertiary alicyclic amines) is 1. The summed E-state index contributed by atoms with van der Waals surface area (Å²) in [5.41, 5.74) is 1.19. The molecular formula is C18H25N4O2S2+. The van der Waals surface area contributed by atoms with E-state index in [1.807, 2.05) is 22.9 Å². The molecule has 2 N–H and O–H groups in total. The molecule has 1 aliphatic heterocycles. The van der Waals surface area contributed by atoms with Gasteiger partial charge in [-0.05, 0) is 30.4 Å². The lowest BCUT2D eigenvalue weighted by atomic mass is 10.0. The molecule has 0 amide bonds. The smallest absolute Gasteiger partial charge is 0.205 e. The number of methoxy groups -OCH3 is 2. The maximum atomic E-state index is 5.60. The van der Waals surface area contributed by atoms with Crippen molar-refractivity contribution >= 4 is 28.7 Å². The summed E-state index contributed by atoms with van der Waals surface area (Å²) in [6.07, 6.45) is 4.09. The van der Waals surface area contributed by atoms with Gasteiger partial charge in [0, 0.05) is 19.4 Å². The van der Waals surface area contributed by atoms with E-state index in [4.69, 9.17) is 21.7 Å². The van der Waals surface area contributed by atoms with Crippen LogP contribution in [0.5, 0.6) is 11.5 Å². The van der Waals surface area contributed by atoms with Gasteiger partial charge in [-0.15, -0.1) is 11.7 Å². The third-order valence-electron chi connectivity index (χ3n) is 4.65. The summed E-state index contributed by atoms with van der Waals surface area (Å²) < 4.78 is 13.7. The van der Waals surface area contributed by atoms with Gasteiger partial charge in [0.25, 0.3) is 0 Å². The molecule has 2 atom stereocenters. The van der Waals surface area contributed by atoms with Gasteiger partial charge < -0.3 is 19.7 Å². The molecule has 0 spiro atoms. The summed E-state index contributed by atoms with van der Waals surface area (Å²) in [4.78, 5) is 1.44. The van der Waals surface area contributed by atoms with Crippen LogP contribution < -0.4 is 19.7 Å². The van der Waals surface area contributed by atoms with Crippen molar-refractivity contribution in [2.24, 2.45) is 0 Å². The average Bonchev–Trinajstić information content (AvgIpc) is 3.26. The van der Waals surface area contributed by atoms with Crippen LogP contribution in [0.4, 0.5) is 5.13 Å². The third kappa shape index (κ3) is 4.08. The standard InChI is InChI=1S/C18H24N4O2S2/c1-4-9-19-17-20-22(18(25)26-17)12-21-10-5-6-15(21)14-11-13(23-2)7-8-16(14)24-3/h4,7-8,11,15H,1,5-6,9-10,12H2,2-3H3,(H,19,20)/p+1/t15-/m0/s1. The number of rotatable bonds is 8. The minimum atomic E-state index is 0.341. The number of quaternary nitrogens is 1. The molecular weight excluding hydrogens is 368 g/mol. The van der Waals surface area contributed by atoms with E-state index >= 15 is 0 Å². The lowest BCUT2D eigenvalue weighted by Crippen LogP contribution is -3.09. The Morgan fingerprint density at radius 1 is 1.46 bits per heavy atom. The highest BCUT2D eigenvalue weighted by molar-refractivity contribution is 7.73. The Labute approximate surface area is 163 Å². The molecule has 6 nitrogen and oxygen atoms in total. The van der Waals surface area contributed by atoms with Crippen LogP contribution >= 0.6 is 23.6 Å². The molecule has 0 saturated carbocycles. The monoisotopic (exact) mass is 393 g/mol. The summed E-state index contributed by atoms with van der Waals surface area (Å²) in [5.74, 6) is 1.76. The second-order valence-electron chi connectivity index (χ2n) is 6.21. The van der Waals surface area contributed by atoms with E-state index in [0.29, 0.717) is 12.6 Å². The molecule has 1 aromatic carbocycles. The fourth-order valence-corrected chi connectivity index (χ4v) is 4.43. The number of nitrogens with one attached hydrogen (secondary N) is 2. The number of anilines is 1. The zero-order valence-corrected chi connectivity index (χ0v) is 16.8. The van der Waals surface area contributed by atoms with Crippen LogP contribution in [0.2, 0.25) is 0 Å². The Morgan fingerprint density at radius 2 is 2.31 bits per heavy atom. The minimum Gasteiger partial charge on any atom is -0.497 e. The van der Waals surface area contributed by atoms with Crippen LogP contribution in [0.15, 0.2) is 30.9 Å². The highest BCUT2D eigenvalue weighted by Gasteiger charge is 2.33. The van der Waals surface area contributed by atoms with Crippen LogP contribution in [0, 0.1) is 3.95 Å². The van der Waals surface area contributed by atoms with Gasteiger partial charge in [0.2, 0.25) is 5.13 Å². The summed E-state index contributed by atoms with van der Waals surface area (Å²) in [5, 5.41) is 8.66. The van der Waals surface area contributed by atoms with E-state index in [0.717, 1.165) is 40.2 Å². The van der Waals surface area contributed by atoms with Gasteiger partial charge in [0.15, 0.2) is 10.6 Å².